The molecule has 1 unspecified atom stereocenters. The van der Waals surface area contributed by atoms with E-state index in [-0.39, 0.29) is 5.91 Å². The predicted molar refractivity (Wildman–Crippen MR) is 89.9 cm³/mol. The van der Waals surface area contributed by atoms with Gasteiger partial charge in [0, 0.05) is 17.8 Å². The average Bonchev–Trinajstić information content (AvgIpc) is 2.93. The van der Waals surface area contributed by atoms with Crippen molar-refractivity contribution in [3.05, 3.63) is 56.8 Å². The molecule has 1 aliphatic heterocycles. The number of aryl methyl sites for hydroxylation is 2. The zero-order valence-corrected chi connectivity index (χ0v) is 14.0. The summed E-state index contributed by atoms with van der Waals surface area (Å²) in [6, 6.07) is 8.82. The van der Waals surface area contributed by atoms with Gasteiger partial charge in [0.05, 0.1) is 4.88 Å². The smallest absolute Gasteiger partial charge is 0.326 e. The van der Waals surface area contributed by atoms with Crippen molar-refractivity contribution < 1.29 is 14.7 Å². The van der Waals surface area contributed by atoms with Crippen LogP contribution in [-0.2, 0) is 24.2 Å². The standard InChI is InChI=1S/C18H19NO3S/c1-3-15-11(2)8-16(23-15)17(20)19-10-13-7-5-4-6-12(13)9-14(19)18(21)22/h4-8,14H,3,9-10H2,1-2H3,(H,21,22). The first-order valence-corrected chi connectivity index (χ1v) is 8.52. The lowest BCUT2D eigenvalue weighted by molar-refractivity contribution is -0.142. The lowest BCUT2D eigenvalue weighted by atomic mass is 9.94. The van der Waals surface area contributed by atoms with Crippen LogP contribution in [0.1, 0.15) is 38.2 Å². The van der Waals surface area contributed by atoms with Gasteiger partial charge in [-0.2, -0.15) is 0 Å². The molecule has 1 aliphatic rings. The van der Waals surface area contributed by atoms with Crippen molar-refractivity contribution in [3.8, 4) is 0 Å². The van der Waals surface area contributed by atoms with Crippen LogP contribution in [0.4, 0.5) is 0 Å². The molecule has 5 heteroatoms. The Kier molecular flexibility index (Phi) is 4.22. The van der Waals surface area contributed by atoms with E-state index in [0.717, 1.165) is 23.1 Å². The summed E-state index contributed by atoms with van der Waals surface area (Å²) in [7, 11) is 0. The lowest BCUT2D eigenvalue weighted by Crippen LogP contribution is -2.48. The van der Waals surface area contributed by atoms with Gasteiger partial charge in [-0.1, -0.05) is 31.2 Å². The summed E-state index contributed by atoms with van der Waals surface area (Å²) in [6.07, 6.45) is 1.25. The minimum Gasteiger partial charge on any atom is -0.480 e. The van der Waals surface area contributed by atoms with E-state index in [2.05, 4.69) is 6.92 Å². The third-order valence-electron chi connectivity index (χ3n) is 4.35. The predicted octanol–water partition coefficient (Wildman–Crippen LogP) is 3.27. The number of carbonyl (C=O) groups is 2. The van der Waals surface area contributed by atoms with Gasteiger partial charge in [-0.25, -0.2) is 4.79 Å². The molecule has 1 atom stereocenters. The molecule has 0 saturated heterocycles. The van der Waals surface area contributed by atoms with Crippen molar-refractivity contribution in [2.75, 3.05) is 0 Å². The van der Waals surface area contributed by atoms with Gasteiger partial charge in [-0.3, -0.25) is 4.79 Å². The first-order chi connectivity index (χ1) is 11.0. The van der Waals surface area contributed by atoms with Crippen molar-refractivity contribution in [1.29, 1.82) is 0 Å². The molecule has 120 valence electrons. The first kappa shape index (κ1) is 15.7. The Morgan fingerprint density at radius 3 is 2.61 bits per heavy atom. The Morgan fingerprint density at radius 2 is 2.00 bits per heavy atom. The number of hydrogen-bond donors (Lipinski definition) is 1. The Balaban J connectivity index is 1.95. The number of thiophene rings is 1. The minimum atomic E-state index is -0.947. The maximum Gasteiger partial charge on any atom is 0.326 e. The highest BCUT2D eigenvalue weighted by atomic mass is 32.1. The Morgan fingerprint density at radius 1 is 1.30 bits per heavy atom. The second-order valence-corrected chi connectivity index (χ2v) is 6.97. The summed E-state index contributed by atoms with van der Waals surface area (Å²) in [6.45, 7) is 4.40. The summed E-state index contributed by atoms with van der Waals surface area (Å²) in [5.41, 5.74) is 3.15. The molecular formula is C18H19NO3S. The van der Waals surface area contributed by atoms with Crippen LogP contribution < -0.4 is 0 Å². The van der Waals surface area contributed by atoms with Gasteiger partial charge in [0.15, 0.2) is 0 Å². The van der Waals surface area contributed by atoms with Crippen LogP contribution in [0, 0.1) is 6.92 Å². The quantitative estimate of drug-likeness (QED) is 0.940. The molecule has 0 fully saturated rings. The van der Waals surface area contributed by atoms with E-state index in [1.54, 1.807) is 0 Å². The number of fused-ring (bicyclic) bond motifs is 1. The molecule has 0 bridgehead atoms. The van der Waals surface area contributed by atoms with Crippen LogP contribution in [-0.4, -0.2) is 27.9 Å². The second kappa shape index (κ2) is 6.16. The first-order valence-electron chi connectivity index (χ1n) is 7.71. The Hall–Kier alpha value is -2.14. The summed E-state index contributed by atoms with van der Waals surface area (Å²) in [5, 5.41) is 9.55. The highest BCUT2D eigenvalue weighted by molar-refractivity contribution is 7.14. The number of rotatable bonds is 3. The van der Waals surface area contributed by atoms with Gasteiger partial charge in [-0.05, 0) is 36.1 Å². The van der Waals surface area contributed by atoms with Gasteiger partial charge < -0.3 is 10.0 Å². The molecule has 23 heavy (non-hydrogen) atoms. The van der Waals surface area contributed by atoms with E-state index in [9.17, 15) is 14.7 Å². The van der Waals surface area contributed by atoms with E-state index in [0.29, 0.717) is 17.8 Å². The maximum atomic E-state index is 12.9. The van der Waals surface area contributed by atoms with Crippen LogP contribution in [0.2, 0.25) is 0 Å². The summed E-state index contributed by atoms with van der Waals surface area (Å²) in [4.78, 5) is 27.8. The maximum absolute atomic E-state index is 12.9. The largest absolute Gasteiger partial charge is 0.480 e. The second-order valence-electron chi connectivity index (χ2n) is 5.83. The van der Waals surface area contributed by atoms with Crippen molar-refractivity contribution in [3.63, 3.8) is 0 Å². The normalized spacial score (nSPS) is 17.0. The van der Waals surface area contributed by atoms with E-state index in [1.807, 2.05) is 37.3 Å². The monoisotopic (exact) mass is 329 g/mol. The third kappa shape index (κ3) is 2.88. The van der Waals surface area contributed by atoms with Crippen LogP contribution in [0.25, 0.3) is 0 Å². The molecule has 0 aliphatic carbocycles. The van der Waals surface area contributed by atoms with Crippen molar-refractivity contribution >= 4 is 23.2 Å². The minimum absolute atomic E-state index is 0.181. The summed E-state index contributed by atoms with van der Waals surface area (Å²) >= 11 is 1.47. The number of aliphatic carboxylic acids is 1. The fourth-order valence-corrected chi connectivity index (χ4v) is 4.14. The molecule has 0 saturated carbocycles. The van der Waals surface area contributed by atoms with E-state index in [1.165, 1.54) is 21.1 Å². The molecule has 0 radical (unpaired) electrons. The zero-order chi connectivity index (χ0) is 16.6. The number of benzene rings is 1. The van der Waals surface area contributed by atoms with Gasteiger partial charge in [0.2, 0.25) is 0 Å². The highest BCUT2D eigenvalue weighted by Crippen LogP contribution is 2.29. The molecule has 2 aromatic rings. The molecule has 1 amide bonds. The number of nitrogens with zero attached hydrogens (tertiary/aromatic N) is 1. The summed E-state index contributed by atoms with van der Waals surface area (Å²) < 4.78 is 0. The number of amides is 1. The van der Waals surface area contributed by atoms with Crippen LogP contribution in [0.5, 0.6) is 0 Å². The molecule has 4 nitrogen and oxygen atoms in total. The summed E-state index contributed by atoms with van der Waals surface area (Å²) in [5.74, 6) is -1.13. The number of carboxylic acids is 1. The molecule has 3 rings (SSSR count). The van der Waals surface area contributed by atoms with Gasteiger partial charge >= 0.3 is 5.97 Å². The molecule has 0 spiro atoms. The average molecular weight is 329 g/mol. The van der Waals surface area contributed by atoms with Crippen molar-refractivity contribution in [2.45, 2.75) is 39.3 Å². The van der Waals surface area contributed by atoms with Gasteiger partial charge in [0.25, 0.3) is 5.91 Å². The van der Waals surface area contributed by atoms with Gasteiger partial charge in [0.1, 0.15) is 6.04 Å². The fraction of sp³-hybridized carbons (Fsp3) is 0.333. The fourth-order valence-electron chi connectivity index (χ4n) is 3.07. The van der Waals surface area contributed by atoms with E-state index in [4.69, 9.17) is 0 Å². The third-order valence-corrected chi connectivity index (χ3v) is 5.72. The topological polar surface area (TPSA) is 57.6 Å². The number of carboxylic acid groups (broad SMARTS) is 1. The lowest BCUT2D eigenvalue weighted by Gasteiger charge is -2.34. The molecular weight excluding hydrogens is 310 g/mol. The molecule has 1 aromatic heterocycles. The van der Waals surface area contributed by atoms with E-state index >= 15 is 0 Å². The zero-order valence-electron chi connectivity index (χ0n) is 13.2. The highest BCUT2D eigenvalue weighted by Gasteiger charge is 2.35. The van der Waals surface area contributed by atoms with Crippen molar-refractivity contribution in [2.24, 2.45) is 0 Å². The van der Waals surface area contributed by atoms with Gasteiger partial charge in [-0.15, -0.1) is 11.3 Å². The molecule has 2 heterocycles. The van der Waals surface area contributed by atoms with Crippen LogP contribution in [0.3, 0.4) is 0 Å². The SMILES string of the molecule is CCc1sc(C(=O)N2Cc3ccccc3CC2C(=O)O)cc1C. The molecule has 1 N–H and O–H groups in total. The van der Waals surface area contributed by atoms with E-state index < -0.39 is 12.0 Å². The van der Waals surface area contributed by atoms with Crippen molar-refractivity contribution in [1.82, 2.24) is 4.90 Å². The van der Waals surface area contributed by atoms with Crippen LogP contribution >= 0.6 is 11.3 Å². The Bertz CT molecular complexity index is 765. The van der Waals surface area contributed by atoms with Crippen LogP contribution in [0.15, 0.2) is 30.3 Å². The number of carbonyl (C=O) groups excluding carboxylic acids is 1. The Labute approximate surface area is 139 Å². The number of hydrogen-bond acceptors (Lipinski definition) is 3. The molecule has 1 aromatic carbocycles.